The van der Waals surface area contributed by atoms with Crippen LogP contribution in [0, 0.1) is 0 Å². The minimum atomic E-state index is -0.264. The van der Waals surface area contributed by atoms with Crippen LogP contribution < -0.4 is 10.9 Å². The van der Waals surface area contributed by atoms with Crippen LogP contribution in [0.4, 0.5) is 0 Å². The molecule has 0 radical (unpaired) electrons. The van der Waals surface area contributed by atoms with Crippen molar-refractivity contribution in [1.82, 2.24) is 20.7 Å². The van der Waals surface area contributed by atoms with Gasteiger partial charge in [-0.15, -0.1) is 0 Å². The van der Waals surface area contributed by atoms with Crippen LogP contribution in [0.3, 0.4) is 0 Å². The largest absolute Gasteiger partial charge is 0.274 e. The summed E-state index contributed by atoms with van der Waals surface area (Å²) in [5.41, 5.74) is 8.43. The van der Waals surface area contributed by atoms with Crippen molar-refractivity contribution >= 4 is 45.2 Å². The Kier molecular flexibility index (Phi) is 6.19. The van der Waals surface area contributed by atoms with E-state index in [1.807, 2.05) is 48.5 Å². The average molecular weight is 507 g/mol. The third-order valence-corrected chi connectivity index (χ3v) is 7.20. The first kappa shape index (κ1) is 24.0. The quantitative estimate of drug-likeness (QED) is 0.204. The summed E-state index contributed by atoms with van der Waals surface area (Å²) in [6, 6.07) is 22.0. The summed E-state index contributed by atoms with van der Waals surface area (Å²) in [4.78, 5) is 54.5. The highest BCUT2D eigenvalue weighted by Gasteiger charge is 2.33. The standard InChI is InChI=1S/C30H26N4O4/c35-27-21-11-1-7-19-8-2-12-22(25(19)21)28(36)33(27)17-5-15-31-32-16-6-18-34-29(37)23-13-3-9-20-10-4-14-24(26(20)23)30(34)38/h1-4,7-14,31-32H,5-6,15-18H2. The van der Waals surface area contributed by atoms with Gasteiger partial charge in [-0.25, -0.2) is 0 Å². The molecule has 2 heterocycles. The first-order valence-electron chi connectivity index (χ1n) is 12.8. The molecule has 2 aliphatic heterocycles. The molecule has 0 bridgehead atoms. The fourth-order valence-electron chi connectivity index (χ4n) is 5.39. The molecule has 38 heavy (non-hydrogen) atoms. The molecule has 0 saturated heterocycles. The molecule has 4 aromatic rings. The van der Waals surface area contributed by atoms with Crippen LogP contribution in [0.5, 0.6) is 0 Å². The Morgan fingerprint density at radius 2 is 0.789 bits per heavy atom. The lowest BCUT2D eigenvalue weighted by Gasteiger charge is -2.27. The van der Waals surface area contributed by atoms with E-state index in [-0.39, 0.29) is 23.6 Å². The molecule has 0 aromatic heterocycles. The highest BCUT2D eigenvalue weighted by molar-refractivity contribution is 6.26. The first-order valence-corrected chi connectivity index (χ1v) is 12.8. The summed E-state index contributed by atoms with van der Waals surface area (Å²) in [6.07, 6.45) is 1.15. The zero-order valence-electron chi connectivity index (χ0n) is 20.7. The van der Waals surface area contributed by atoms with Gasteiger partial charge in [0.15, 0.2) is 0 Å². The molecule has 0 atom stereocenters. The minimum absolute atomic E-state index is 0.264. The van der Waals surface area contributed by atoms with Crippen molar-refractivity contribution in [3.63, 3.8) is 0 Å². The van der Waals surface area contributed by atoms with Gasteiger partial charge in [0, 0.05) is 59.2 Å². The Morgan fingerprint density at radius 1 is 0.474 bits per heavy atom. The normalized spacial score (nSPS) is 14.7. The van der Waals surface area contributed by atoms with Crippen LogP contribution in [0.2, 0.25) is 0 Å². The molecule has 0 spiro atoms. The van der Waals surface area contributed by atoms with Crippen molar-refractivity contribution in [2.45, 2.75) is 12.8 Å². The molecule has 0 aliphatic carbocycles. The molecule has 0 unspecified atom stereocenters. The van der Waals surface area contributed by atoms with Gasteiger partial charge in [0.1, 0.15) is 0 Å². The van der Waals surface area contributed by atoms with Gasteiger partial charge >= 0.3 is 0 Å². The number of imide groups is 2. The Labute approximate surface area is 219 Å². The molecule has 4 amide bonds. The van der Waals surface area contributed by atoms with Crippen LogP contribution in [-0.4, -0.2) is 59.6 Å². The molecule has 4 aromatic carbocycles. The maximum absolute atomic E-state index is 13.0. The SMILES string of the molecule is O=C1c2cccc3cccc(c23)C(=O)N1CCCNNCCCN1C(=O)c2cccc3cccc(c23)C1=O. The van der Waals surface area contributed by atoms with Gasteiger partial charge < -0.3 is 0 Å². The maximum atomic E-state index is 13.0. The number of amides is 4. The number of hydrazine groups is 1. The van der Waals surface area contributed by atoms with E-state index in [1.165, 1.54) is 9.80 Å². The van der Waals surface area contributed by atoms with E-state index in [4.69, 9.17) is 0 Å². The Morgan fingerprint density at radius 3 is 1.11 bits per heavy atom. The second-order valence-electron chi connectivity index (χ2n) is 9.50. The van der Waals surface area contributed by atoms with Crippen molar-refractivity contribution in [2.24, 2.45) is 0 Å². The summed E-state index contributed by atoms with van der Waals surface area (Å²) in [7, 11) is 0. The molecule has 8 heteroatoms. The maximum Gasteiger partial charge on any atom is 0.261 e. The van der Waals surface area contributed by atoms with Crippen molar-refractivity contribution in [3.8, 4) is 0 Å². The number of nitrogens with one attached hydrogen (secondary N) is 2. The van der Waals surface area contributed by atoms with Crippen molar-refractivity contribution in [3.05, 3.63) is 95.1 Å². The number of hydrogen-bond acceptors (Lipinski definition) is 6. The van der Waals surface area contributed by atoms with E-state index in [0.717, 1.165) is 21.5 Å². The van der Waals surface area contributed by atoms with Crippen LogP contribution in [0.25, 0.3) is 21.5 Å². The van der Waals surface area contributed by atoms with E-state index in [1.54, 1.807) is 24.3 Å². The van der Waals surface area contributed by atoms with Gasteiger partial charge in [-0.3, -0.25) is 39.8 Å². The molecule has 0 saturated carbocycles. The number of carbonyl (C=O) groups excluding carboxylic acids is 4. The zero-order valence-corrected chi connectivity index (χ0v) is 20.7. The summed E-state index contributed by atoms with van der Waals surface area (Å²) in [6.45, 7) is 1.69. The molecule has 6 rings (SSSR count). The molecular weight excluding hydrogens is 480 g/mol. The molecule has 2 aliphatic rings. The van der Waals surface area contributed by atoms with Gasteiger partial charge in [0.05, 0.1) is 0 Å². The first-order chi connectivity index (χ1) is 18.6. The number of carbonyl (C=O) groups is 4. The average Bonchev–Trinajstić information content (AvgIpc) is 2.94. The van der Waals surface area contributed by atoms with Crippen LogP contribution in [0.1, 0.15) is 54.3 Å². The lowest BCUT2D eigenvalue weighted by molar-refractivity contribution is 0.0591. The van der Waals surface area contributed by atoms with Crippen LogP contribution >= 0.6 is 0 Å². The molecule has 190 valence electrons. The summed E-state index contributed by atoms with van der Waals surface area (Å²) in [5.74, 6) is -1.05. The minimum Gasteiger partial charge on any atom is -0.274 e. The van der Waals surface area contributed by atoms with E-state index < -0.39 is 0 Å². The van der Waals surface area contributed by atoms with Crippen molar-refractivity contribution in [2.75, 3.05) is 26.2 Å². The number of nitrogens with zero attached hydrogens (tertiary/aromatic N) is 2. The monoisotopic (exact) mass is 506 g/mol. The fourth-order valence-corrected chi connectivity index (χ4v) is 5.39. The molecule has 8 nitrogen and oxygen atoms in total. The lowest BCUT2D eigenvalue weighted by atomic mass is 9.94. The predicted molar refractivity (Wildman–Crippen MR) is 144 cm³/mol. The zero-order chi connectivity index (χ0) is 26.2. The highest BCUT2D eigenvalue weighted by Crippen LogP contribution is 2.31. The smallest absolute Gasteiger partial charge is 0.261 e. The van der Waals surface area contributed by atoms with E-state index in [9.17, 15) is 19.2 Å². The van der Waals surface area contributed by atoms with Gasteiger partial charge in [0.2, 0.25) is 0 Å². The third-order valence-electron chi connectivity index (χ3n) is 7.20. The summed E-state index contributed by atoms with van der Waals surface area (Å²) < 4.78 is 0. The second-order valence-corrected chi connectivity index (χ2v) is 9.50. The van der Waals surface area contributed by atoms with Gasteiger partial charge in [-0.2, -0.15) is 0 Å². The van der Waals surface area contributed by atoms with Gasteiger partial charge in [0.25, 0.3) is 23.6 Å². The molecular formula is C30H26N4O4. The second kappa shape index (κ2) is 9.81. The third kappa shape index (κ3) is 3.95. The van der Waals surface area contributed by atoms with E-state index in [0.29, 0.717) is 61.3 Å². The number of benzene rings is 4. The Hall–Kier alpha value is -4.40. The number of rotatable bonds is 9. The van der Waals surface area contributed by atoms with Crippen molar-refractivity contribution in [1.29, 1.82) is 0 Å². The highest BCUT2D eigenvalue weighted by atomic mass is 16.2. The van der Waals surface area contributed by atoms with E-state index >= 15 is 0 Å². The van der Waals surface area contributed by atoms with Gasteiger partial charge in [-0.05, 0) is 47.9 Å². The van der Waals surface area contributed by atoms with Crippen LogP contribution in [0.15, 0.2) is 72.8 Å². The lowest BCUT2D eigenvalue weighted by Crippen LogP contribution is -2.43. The summed E-state index contributed by atoms with van der Waals surface area (Å²) in [5, 5.41) is 3.24. The number of hydrogen-bond donors (Lipinski definition) is 2. The summed E-state index contributed by atoms with van der Waals surface area (Å²) >= 11 is 0. The topological polar surface area (TPSA) is 98.8 Å². The molecule has 0 fully saturated rings. The Bertz CT molecular complexity index is 1410. The fraction of sp³-hybridized carbons (Fsp3) is 0.200. The predicted octanol–water partition coefficient (Wildman–Crippen LogP) is 3.76. The Balaban J connectivity index is 0.973. The van der Waals surface area contributed by atoms with Crippen molar-refractivity contribution < 1.29 is 19.2 Å². The van der Waals surface area contributed by atoms with E-state index in [2.05, 4.69) is 10.9 Å². The molecule has 2 N–H and O–H groups in total. The van der Waals surface area contributed by atoms with Crippen LogP contribution in [-0.2, 0) is 0 Å². The van der Waals surface area contributed by atoms with Gasteiger partial charge in [-0.1, -0.05) is 48.5 Å².